The summed E-state index contributed by atoms with van der Waals surface area (Å²) < 4.78 is 0. The van der Waals surface area contributed by atoms with Crippen LogP contribution in [0.2, 0.25) is 0 Å². The van der Waals surface area contributed by atoms with E-state index in [0.717, 1.165) is 0 Å². The van der Waals surface area contributed by atoms with Crippen LogP contribution in [0.5, 0.6) is 0 Å². The molecule has 0 spiro atoms. The summed E-state index contributed by atoms with van der Waals surface area (Å²) in [5.41, 5.74) is 0. The van der Waals surface area contributed by atoms with Crippen LogP contribution >= 0.6 is 0 Å². The lowest BCUT2D eigenvalue weighted by atomic mass is 10.1. The third-order valence-corrected chi connectivity index (χ3v) is 2.79. The Labute approximate surface area is 85.1 Å². The van der Waals surface area contributed by atoms with Gasteiger partial charge < -0.3 is 15.7 Å². The van der Waals surface area contributed by atoms with Crippen LogP contribution in [0, 0.1) is 5.92 Å². The van der Waals surface area contributed by atoms with E-state index in [1.165, 1.54) is 0 Å². The van der Waals surface area contributed by atoms with E-state index in [9.17, 15) is 9.90 Å². The molecule has 0 radical (unpaired) electrons. The number of amides is 1. The van der Waals surface area contributed by atoms with E-state index in [1.54, 1.807) is 0 Å². The molecule has 1 aliphatic heterocycles. The smallest absolute Gasteiger partial charge is 0.237 e. The summed E-state index contributed by atoms with van der Waals surface area (Å²) in [6, 6.07) is -0.0340. The Balaban J connectivity index is 2.35. The molecule has 0 aromatic heterocycles. The van der Waals surface area contributed by atoms with Crippen LogP contribution in [0.4, 0.5) is 0 Å². The summed E-state index contributed by atoms with van der Waals surface area (Å²) in [6.07, 6.45) is 0.150. The van der Waals surface area contributed by atoms with Gasteiger partial charge in [-0.1, -0.05) is 13.8 Å². The highest BCUT2D eigenvalue weighted by atomic mass is 16.3. The zero-order chi connectivity index (χ0) is 10.7. The van der Waals surface area contributed by atoms with Gasteiger partial charge in [0.15, 0.2) is 0 Å². The van der Waals surface area contributed by atoms with E-state index < -0.39 is 0 Å². The van der Waals surface area contributed by atoms with Crippen molar-refractivity contribution in [2.24, 2.45) is 5.92 Å². The molecule has 82 valence electrons. The maximum absolute atomic E-state index is 11.6. The number of nitrogens with one attached hydrogen (secondary N) is 2. The summed E-state index contributed by atoms with van der Waals surface area (Å²) in [4.78, 5) is 11.6. The Morgan fingerprint density at radius 2 is 2.14 bits per heavy atom. The van der Waals surface area contributed by atoms with Crippen LogP contribution in [0.3, 0.4) is 0 Å². The molecule has 4 heteroatoms. The summed E-state index contributed by atoms with van der Waals surface area (Å²) in [7, 11) is 0. The standard InChI is InChI=1S/C10H20N2O2/c1-6(2)7(3)12-10(14)9-4-8(13)5-11-9/h6-9,11,13H,4-5H2,1-3H3,(H,12,14)/t7?,8-,9+/m0/s1. The second kappa shape index (κ2) is 4.75. The molecule has 1 rings (SSSR count). The van der Waals surface area contributed by atoms with Crippen molar-refractivity contribution in [3.8, 4) is 0 Å². The largest absolute Gasteiger partial charge is 0.392 e. The molecule has 3 N–H and O–H groups in total. The Morgan fingerprint density at radius 3 is 2.57 bits per heavy atom. The van der Waals surface area contributed by atoms with Crippen LogP contribution in [0.1, 0.15) is 27.2 Å². The lowest BCUT2D eigenvalue weighted by Gasteiger charge is -2.19. The average molecular weight is 200 g/mol. The third kappa shape index (κ3) is 2.96. The zero-order valence-corrected chi connectivity index (χ0v) is 9.08. The molecule has 1 heterocycles. The summed E-state index contributed by atoms with van der Waals surface area (Å²) in [5, 5.41) is 15.2. The highest BCUT2D eigenvalue weighted by molar-refractivity contribution is 5.82. The molecule has 0 saturated carbocycles. The first kappa shape index (κ1) is 11.5. The lowest BCUT2D eigenvalue weighted by molar-refractivity contribution is -0.123. The maximum Gasteiger partial charge on any atom is 0.237 e. The molecule has 4 nitrogen and oxygen atoms in total. The van der Waals surface area contributed by atoms with E-state index in [2.05, 4.69) is 24.5 Å². The normalized spacial score (nSPS) is 29.2. The molecule has 3 atom stereocenters. The van der Waals surface area contributed by atoms with Gasteiger partial charge in [-0.05, 0) is 19.3 Å². The van der Waals surface area contributed by atoms with Crippen LogP contribution in [0.15, 0.2) is 0 Å². The van der Waals surface area contributed by atoms with Gasteiger partial charge in [0, 0.05) is 12.6 Å². The Kier molecular flexibility index (Phi) is 3.89. The average Bonchev–Trinajstić information content (AvgIpc) is 2.51. The van der Waals surface area contributed by atoms with Gasteiger partial charge in [-0.25, -0.2) is 0 Å². The van der Waals surface area contributed by atoms with E-state index >= 15 is 0 Å². The fourth-order valence-corrected chi connectivity index (χ4v) is 1.41. The predicted octanol–water partition coefficient (Wildman–Crippen LogP) is -0.130. The molecule has 0 aliphatic carbocycles. The van der Waals surface area contributed by atoms with Crippen molar-refractivity contribution in [2.75, 3.05) is 6.54 Å². The van der Waals surface area contributed by atoms with Gasteiger partial charge in [-0.15, -0.1) is 0 Å². The highest BCUT2D eigenvalue weighted by Crippen LogP contribution is 2.07. The minimum Gasteiger partial charge on any atom is -0.392 e. The molecule has 1 amide bonds. The van der Waals surface area contributed by atoms with Crippen LogP contribution in [0.25, 0.3) is 0 Å². The van der Waals surface area contributed by atoms with Gasteiger partial charge in [-0.3, -0.25) is 4.79 Å². The summed E-state index contributed by atoms with van der Waals surface area (Å²) >= 11 is 0. The molecule has 14 heavy (non-hydrogen) atoms. The highest BCUT2D eigenvalue weighted by Gasteiger charge is 2.28. The fourth-order valence-electron chi connectivity index (χ4n) is 1.41. The number of hydrogen-bond donors (Lipinski definition) is 3. The number of aliphatic hydroxyl groups is 1. The lowest BCUT2D eigenvalue weighted by Crippen LogP contribution is -2.45. The molecule has 0 aromatic carbocycles. The number of carbonyl (C=O) groups excluding carboxylic acids is 1. The summed E-state index contributed by atoms with van der Waals surface area (Å²) in [6.45, 7) is 6.66. The van der Waals surface area contributed by atoms with Gasteiger partial charge in [0.05, 0.1) is 12.1 Å². The second-order valence-corrected chi connectivity index (χ2v) is 4.39. The minimum absolute atomic E-state index is 0.00255. The van der Waals surface area contributed by atoms with E-state index in [0.29, 0.717) is 18.9 Å². The van der Waals surface area contributed by atoms with Crippen molar-refractivity contribution in [1.82, 2.24) is 10.6 Å². The monoisotopic (exact) mass is 200 g/mol. The maximum atomic E-state index is 11.6. The number of β-amino-alcohol motifs (C(OH)–C–C–N with tert-alkyl or cyclic N) is 1. The molecular weight excluding hydrogens is 180 g/mol. The van der Waals surface area contributed by atoms with Crippen LogP contribution in [-0.2, 0) is 4.79 Å². The molecule has 1 fully saturated rings. The molecule has 0 aromatic rings. The van der Waals surface area contributed by atoms with Gasteiger partial charge in [0.25, 0.3) is 0 Å². The van der Waals surface area contributed by atoms with Crippen molar-refractivity contribution in [3.63, 3.8) is 0 Å². The molecule has 1 aliphatic rings. The van der Waals surface area contributed by atoms with E-state index in [-0.39, 0.29) is 24.1 Å². The first-order chi connectivity index (χ1) is 6.50. The molecule has 1 unspecified atom stereocenters. The molecular formula is C10H20N2O2. The number of rotatable bonds is 3. The quantitative estimate of drug-likeness (QED) is 0.595. The number of aliphatic hydroxyl groups excluding tert-OH is 1. The first-order valence-electron chi connectivity index (χ1n) is 5.22. The van der Waals surface area contributed by atoms with Gasteiger partial charge in [-0.2, -0.15) is 0 Å². The Bertz CT molecular complexity index is 206. The van der Waals surface area contributed by atoms with Crippen LogP contribution in [-0.4, -0.2) is 35.7 Å². The van der Waals surface area contributed by atoms with Crippen molar-refractivity contribution in [2.45, 2.75) is 45.4 Å². The SMILES string of the molecule is CC(C)C(C)NC(=O)[C@H]1C[C@H](O)CN1. The third-order valence-electron chi connectivity index (χ3n) is 2.79. The van der Waals surface area contributed by atoms with Gasteiger partial charge >= 0.3 is 0 Å². The zero-order valence-electron chi connectivity index (χ0n) is 9.08. The summed E-state index contributed by atoms with van der Waals surface area (Å²) in [5.74, 6) is 0.438. The molecule has 0 bridgehead atoms. The second-order valence-electron chi connectivity index (χ2n) is 4.39. The van der Waals surface area contributed by atoms with E-state index in [4.69, 9.17) is 0 Å². The van der Waals surface area contributed by atoms with Crippen molar-refractivity contribution < 1.29 is 9.90 Å². The fraction of sp³-hybridized carbons (Fsp3) is 0.900. The van der Waals surface area contributed by atoms with Crippen molar-refractivity contribution >= 4 is 5.91 Å². The van der Waals surface area contributed by atoms with E-state index in [1.807, 2.05) is 6.92 Å². The van der Waals surface area contributed by atoms with Gasteiger partial charge in [0.2, 0.25) is 5.91 Å². The van der Waals surface area contributed by atoms with Gasteiger partial charge in [0.1, 0.15) is 0 Å². The van der Waals surface area contributed by atoms with Crippen molar-refractivity contribution in [3.05, 3.63) is 0 Å². The first-order valence-corrected chi connectivity index (χ1v) is 5.22. The number of hydrogen-bond acceptors (Lipinski definition) is 3. The molecule has 1 saturated heterocycles. The topological polar surface area (TPSA) is 61.4 Å². The Morgan fingerprint density at radius 1 is 1.50 bits per heavy atom. The van der Waals surface area contributed by atoms with Crippen LogP contribution < -0.4 is 10.6 Å². The number of carbonyl (C=O) groups is 1. The predicted molar refractivity (Wildman–Crippen MR) is 54.9 cm³/mol. The van der Waals surface area contributed by atoms with Crippen molar-refractivity contribution in [1.29, 1.82) is 0 Å². The minimum atomic E-state index is -0.375. The Hall–Kier alpha value is -0.610.